The van der Waals surface area contributed by atoms with E-state index in [1.165, 1.54) is 17.8 Å². The van der Waals surface area contributed by atoms with Crippen LogP contribution in [0, 0.1) is 11.7 Å². The maximum Gasteiger partial charge on any atom is 0.155 e. The summed E-state index contributed by atoms with van der Waals surface area (Å²) < 4.78 is 18.4. The number of pyridine rings is 1. The minimum absolute atomic E-state index is 0.226. The van der Waals surface area contributed by atoms with Gasteiger partial charge >= 0.3 is 0 Å². The van der Waals surface area contributed by atoms with E-state index in [1.807, 2.05) is 0 Å². The third-order valence-corrected chi connectivity index (χ3v) is 3.42. The lowest BCUT2D eigenvalue weighted by molar-refractivity contribution is 0.189. The molecule has 1 aliphatic rings. The molecule has 0 amide bonds. The fraction of sp³-hybridized carbons (Fsp3) is 0.500. The maximum absolute atomic E-state index is 13.1. The summed E-state index contributed by atoms with van der Waals surface area (Å²) in [5.41, 5.74) is 0. The van der Waals surface area contributed by atoms with Crippen LogP contribution in [-0.2, 0) is 4.74 Å². The Morgan fingerprint density at radius 3 is 3.29 bits per heavy atom. The average molecular weight is 213 g/mol. The molecule has 0 unspecified atom stereocenters. The number of halogens is 1. The summed E-state index contributed by atoms with van der Waals surface area (Å²) in [7, 11) is 0. The first-order chi connectivity index (χ1) is 6.86. The van der Waals surface area contributed by atoms with Crippen LogP contribution < -0.4 is 0 Å². The van der Waals surface area contributed by atoms with Crippen molar-refractivity contribution in [3.05, 3.63) is 24.1 Å². The van der Waals surface area contributed by atoms with E-state index in [-0.39, 0.29) is 5.82 Å². The topological polar surface area (TPSA) is 22.1 Å². The van der Waals surface area contributed by atoms with Crippen LogP contribution >= 0.6 is 11.8 Å². The standard InChI is InChI=1S/C10H12FNOS/c11-9-2-1-4-12-10(9)14-7-8-3-5-13-6-8/h1-2,4,8H,3,5-7H2/t8-/m0/s1. The van der Waals surface area contributed by atoms with E-state index in [0.29, 0.717) is 10.9 Å². The van der Waals surface area contributed by atoms with E-state index >= 15 is 0 Å². The van der Waals surface area contributed by atoms with E-state index in [4.69, 9.17) is 4.74 Å². The van der Waals surface area contributed by atoms with Gasteiger partial charge in [0.2, 0.25) is 0 Å². The van der Waals surface area contributed by atoms with Crippen LogP contribution in [0.15, 0.2) is 23.4 Å². The van der Waals surface area contributed by atoms with Gasteiger partial charge in [-0.3, -0.25) is 0 Å². The molecule has 2 heterocycles. The summed E-state index contributed by atoms with van der Waals surface area (Å²) in [5.74, 6) is 1.23. The monoisotopic (exact) mass is 213 g/mol. The van der Waals surface area contributed by atoms with Gasteiger partial charge in [-0.2, -0.15) is 0 Å². The number of hydrogen-bond acceptors (Lipinski definition) is 3. The van der Waals surface area contributed by atoms with Gasteiger partial charge < -0.3 is 4.74 Å². The molecule has 0 aromatic carbocycles. The molecular formula is C10H12FNOS. The van der Waals surface area contributed by atoms with Gasteiger partial charge in [-0.15, -0.1) is 11.8 Å². The molecule has 4 heteroatoms. The molecule has 0 bridgehead atoms. The van der Waals surface area contributed by atoms with E-state index in [9.17, 15) is 4.39 Å². The van der Waals surface area contributed by atoms with Crippen molar-refractivity contribution >= 4 is 11.8 Å². The Hall–Kier alpha value is -0.610. The second kappa shape index (κ2) is 4.75. The second-order valence-corrected chi connectivity index (χ2v) is 4.34. The Bertz CT molecular complexity index is 302. The molecule has 1 aliphatic heterocycles. The zero-order valence-electron chi connectivity index (χ0n) is 7.78. The van der Waals surface area contributed by atoms with Crippen molar-refractivity contribution < 1.29 is 9.13 Å². The molecular weight excluding hydrogens is 201 g/mol. The Kier molecular flexibility index (Phi) is 3.37. The lowest BCUT2D eigenvalue weighted by atomic mass is 10.2. The van der Waals surface area contributed by atoms with Crippen molar-refractivity contribution in [2.45, 2.75) is 11.4 Å². The number of thioether (sulfide) groups is 1. The van der Waals surface area contributed by atoms with Crippen molar-refractivity contribution in [2.24, 2.45) is 5.92 Å². The van der Waals surface area contributed by atoms with Crippen molar-refractivity contribution in [1.29, 1.82) is 0 Å². The molecule has 0 aliphatic carbocycles. The van der Waals surface area contributed by atoms with E-state index in [0.717, 1.165) is 25.4 Å². The summed E-state index contributed by atoms with van der Waals surface area (Å²) in [6.45, 7) is 1.65. The molecule has 76 valence electrons. The lowest BCUT2D eigenvalue weighted by Crippen LogP contribution is -2.02. The van der Waals surface area contributed by atoms with Gasteiger partial charge in [0.25, 0.3) is 0 Å². The number of rotatable bonds is 3. The van der Waals surface area contributed by atoms with E-state index in [1.54, 1.807) is 12.3 Å². The van der Waals surface area contributed by atoms with Crippen LogP contribution in [-0.4, -0.2) is 24.0 Å². The summed E-state index contributed by atoms with van der Waals surface area (Å²) in [4.78, 5) is 3.99. The smallest absolute Gasteiger partial charge is 0.155 e. The van der Waals surface area contributed by atoms with Crippen molar-refractivity contribution in [3.8, 4) is 0 Å². The Labute approximate surface area is 86.9 Å². The predicted molar refractivity (Wildman–Crippen MR) is 53.8 cm³/mol. The summed E-state index contributed by atoms with van der Waals surface area (Å²) in [5, 5.41) is 0.499. The normalized spacial score (nSPS) is 21.4. The highest BCUT2D eigenvalue weighted by atomic mass is 32.2. The zero-order chi connectivity index (χ0) is 9.80. The van der Waals surface area contributed by atoms with Crippen LogP contribution in [0.1, 0.15) is 6.42 Å². The quantitative estimate of drug-likeness (QED) is 0.719. The van der Waals surface area contributed by atoms with Gasteiger partial charge in [-0.05, 0) is 24.5 Å². The number of aromatic nitrogens is 1. The van der Waals surface area contributed by atoms with Crippen LogP contribution in [0.25, 0.3) is 0 Å². The molecule has 2 nitrogen and oxygen atoms in total. The molecule has 1 aromatic rings. The van der Waals surface area contributed by atoms with Gasteiger partial charge in [0, 0.05) is 18.6 Å². The highest BCUT2D eigenvalue weighted by Gasteiger charge is 2.16. The predicted octanol–water partition coefficient (Wildman–Crippen LogP) is 2.35. The largest absolute Gasteiger partial charge is 0.381 e. The molecule has 2 rings (SSSR count). The summed E-state index contributed by atoms with van der Waals surface area (Å²) in [6, 6.07) is 3.05. The molecule has 0 spiro atoms. The van der Waals surface area contributed by atoms with Crippen molar-refractivity contribution in [2.75, 3.05) is 19.0 Å². The minimum atomic E-state index is -0.226. The minimum Gasteiger partial charge on any atom is -0.381 e. The first-order valence-corrected chi connectivity index (χ1v) is 5.66. The van der Waals surface area contributed by atoms with Crippen LogP contribution in [0.3, 0.4) is 0 Å². The SMILES string of the molecule is Fc1cccnc1SC[C@H]1CCOC1. The molecule has 1 atom stereocenters. The van der Waals surface area contributed by atoms with Crippen LogP contribution in [0.2, 0.25) is 0 Å². The van der Waals surface area contributed by atoms with E-state index in [2.05, 4.69) is 4.98 Å². The lowest BCUT2D eigenvalue weighted by Gasteiger charge is -2.06. The van der Waals surface area contributed by atoms with Crippen LogP contribution in [0.4, 0.5) is 4.39 Å². The Morgan fingerprint density at radius 1 is 1.64 bits per heavy atom. The Morgan fingerprint density at radius 2 is 2.57 bits per heavy atom. The van der Waals surface area contributed by atoms with Gasteiger partial charge in [-0.1, -0.05) is 0 Å². The maximum atomic E-state index is 13.1. The van der Waals surface area contributed by atoms with Gasteiger partial charge in [0.15, 0.2) is 5.82 Å². The molecule has 1 fully saturated rings. The Balaban J connectivity index is 1.88. The summed E-state index contributed by atoms with van der Waals surface area (Å²) >= 11 is 1.48. The van der Waals surface area contributed by atoms with Crippen molar-refractivity contribution in [3.63, 3.8) is 0 Å². The molecule has 0 radical (unpaired) electrons. The van der Waals surface area contributed by atoms with Gasteiger partial charge in [0.1, 0.15) is 5.03 Å². The number of nitrogens with zero attached hydrogens (tertiary/aromatic N) is 1. The third-order valence-electron chi connectivity index (χ3n) is 2.20. The van der Waals surface area contributed by atoms with Gasteiger partial charge in [-0.25, -0.2) is 9.37 Å². The third kappa shape index (κ3) is 2.45. The number of ether oxygens (including phenoxy) is 1. The summed E-state index contributed by atoms with van der Waals surface area (Å²) in [6.07, 6.45) is 2.71. The second-order valence-electron chi connectivity index (χ2n) is 3.33. The van der Waals surface area contributed by atoms with E-state index < -0.39 is 0 Å². The molecule has 0 N–H and O–H groups in total. The first kappa shape index (κ1) is 9.93. The first-order valence-electron chi connectivity index (χ1n) is 4.67. The fourth-order valence-electron chi connectivity index (χ4n) is 1.39. The number of hydrogen-bond donors (Lipinski definition) is 0. The fourth-order valence-corrected chi connectivity index (χ4v) is 2.39. The zero-order valence-corrected chi connectivity index (χ0v) is 8.60. The van der Waals surface area contributed by atoms with Crippen LogP contribution in [0.5, 0.6) is 0 Å². The highest BCUT2D eigenvalue weighted by Crippen LogP contribution is 2.24. The molecule has 14 heavy (non-hydrogen) atoms. The molecule has 1 aromatic heterocycles. The average Bonchev–Trinajstić information content (AvgIpc) is 2.69. The molecule has 1 saturated heterocycles. The highest BCUT2D eigenvalue weighted by molar-refractivity contribution is 7.99. The van der Waals surface area contributed by atoms with Gasteiger partial charge in [0.05, 0.1) is 6.61 Å². The van der Waals surface area contributed by atoms with Crippen molar-refractivity contribution in [1.82, 2.24) is 4.98 Å². The molecule has 0 saturated carbocycles.